The highest BCUT2D eigenvalue weighted by molar-refractivity contribution is 5.98. The van der Waals surface area contributed by atoms with E-state index in [-0.39, 0.29) is 48.1 Å². The number of hydrogen-bond donors (Lipinski definition) is 1. The fourth-order valence-electron chi connectivity index (χ4n) is 5.62. The van der Waals surface area contributed by atoms with Crippen molar-refractivity contribution < 1.29 is 36.6 Å². The minimum Gasteiger partial charge on any atom is -0.461 e. The number of fused-ring (bicyclic) bond motifs is 1. The Morgan fingerprint density at radius 3 is 2.58 bits per heavy atom. The SMILES string of the molecule is Cc1cc(N2CCOC[C@@H]2C(F)(F)F)cc(F)c1C(=O)N[C@@H](Cc1ccc(-n2c(=O)c3ccncc3n(C)c2=O)nc1)C(=O)OC1CC1. The molecule has 6 rings (SSSR count). The molecule has 1 aliphatic heterocycles. The number of aromatic nitrogens is 4. The van der Waals surface area contributed by atoms with Crippen molar-refractivity contribution in [2.24, 2.45) is 7.05 Å². The maximum Gasteiger partial charge on any atom is 0.411 e. The number of esters is 1. The monoisotopic (exact) mass is 670 g/mol. The molecular formula is C32H30F4N6O6. The van der Waals surface area contributed by atoms with Crippen LogP contribution < -0.4 is 21.5 Å². The van der Waals surface area contributed by atoms with Crippen LogP contribution in [0.4, 0.5) is 23.2 Å². The zero-order valence-electron chi connectivity index (χ0n) is 25.8. The van der Waals surface area contributed by atoms with Crippen LogP contribution in [0.15, 0.2) is 58.5 Å². The lowest BCUT2D eigenvalue weighted by Crippen LogP contribution is -2.53. The van der Waals surface area contributed by atoms with Crippen molar-refractivity contribution in [1.29, 1.82) is 0 Å². The van der Waals surface area contributed by atoms with Crippen molar-refractivity contribution in [3.63, 3.8) is 0 Å². The van der Waals surface area contributed by atoms with Crippen LogP contribution >= 0.6 is 0 Å². The number of aryl methyl sites for hydroxylation is 2. The number of nitrogens with one attached hydrogen (secondary N) is 1. The third-order valence-electron chi connectivity index (χ3n) is 8.29. The molecule has 2 aliphatic rings. The highest BCUT2D eigenvalue weighted by Gasteiger charge is 2.45. The lowest BCUT2D eigenvalue weighted by molar-refractivity contribution is -0.167. The number of pyridine rings is 2. The smallest absolute Gasteiger partial charge is 0.411 e. The van der Waals surface area contributed by atoms with Gasteiger partial charge in [-0.2, -0.15) is 13.2 Å². The number of morpholine rings is 1. The first-order valence-corrected chi connectivity index (χ1v) is 15.1. The summed E-state index contributed by atoms with van der Waals surface area (Å²) in [4.78, 5) is 61.8. The van der Waals surface area contributed by atoms with Crippen molar-refractivity contribution in [2.75, 3.05) is 24.7 Å². The third kappa shape index (κ3) is 6.52. The number of hydrogen-bond acceptors (Lipinski definition) is 9. The average Bonchev–Trinajstić information content (AvgIpc) is 3.87. The minimum absolute atomic E-state index is 0.0173. The standard InChI is InChI=1S/C32H30F4N6O6/c1-17-11-19(41-9-10-47-16-25(41)32(34,35)36)13-22(33)27(17)28(43)39-23(30(45)48-20-4-5-20)12-18-3-6-26(38-14-18)42-29(44)21-7-8-37-15-24(21)40(2)31(42)46/h3,6-8,11,13-15,20,23,25H,4-5,9-10,12,16H2,1-2H3,(H,39,43)/t23-,25+/m0/s1. The van der Waals surface area contributed by atoms with E-state index in [1.807, 2.05) is 0 Å². The molecule has 1 aromatic carbocycles. The van der Waals surface area contributed by atoms with Crippen molar-refractivity contribution in [2.45, 2.75) is 50.6 Å². The fraction of sp³-hybridized carbons (Fsp3) is 0.375. The van der Waals surface area contributed by atoms with Crippen LogP contribution in [0.3, 0.4) is 0 Å². The number of halogens is 4. The molecule has 0 spiro atoms. The second-order valence-corrected chi connectivity index (χ2v) is 11.7. The first-order chi connectivity index (χ1) is 22.8. The number of alkyl halides is 3. The second kappa shape index (κ2) is 12.8. The van der Waals surface area contributed by atoms with Crippen molar-refractivity contribution >= 4 is 28.5 Å². The Bertz CT molecular complexity index is 1980. The number of anilines is 1. The predicted molar refractivity (Wildman–Crippen MR) is 164 cm³/mol. The normalized spacial score (nSPS) is 17.3. The van der Waals surface area contributed by atoms with E-state index in [0.717, 1.165) is 15.5 Å². The van der Waals surface area contributed by atoms with Crippen LogP contribution in [0.25, 0.3) is 16.7 Å². The Balaban J connectivity index is 1.25. The first-order valence-electron chi connectivity index (χ1n) is 15.1. The van der Waals surface area contributed by atoms with Gasteiger partial charge in [0.25, 0.3) is 11.5 Å². The van der Waals surface area contributed by atoms with Gasteiger partial charge in [0.15, 0.2) is 0 Å². The van der Waals surface area contributed by atoms with E-state index in [0.29, 0.717) is 23.9 Å². The van der Waals surface area contributed by atoms with Crippen molar-refractivity contribution in [3.05, 3.63) is 92.3 Å². The van der Waals surface area contributed by atoms with E-state index < -0.39 is 59.4 Å². The molecule has 2 fully saturated rings. The van der Waals surface area contributed by atoms with E-state index >= 15 is 4.39 Å². The van der Waals surface area contributed by atoms with Crippen LogP contribution in [0.5, 0.6) is 0 Å². The Morgan fingerprint density at radius 1 is 1.15 bits per heavy atom. The number of nitrogens with zero attached hydrogens (tertiary/aromatic N) is 5. The Hall–Kier alpha value is -5.12. The van der Waals surface area contributed by atoms with Gasteiger partial charge in [-0.05, 0) is 55.2 Å². The van der Waals surface area contributed by atoms with Gasteiger partial charge in [0.2, 0.25) is 0 Å². The zero-order valence-corrected chi connectivity index (χ0v) is 25.8. The molecule has 2 atom stereocenters. The number of carbonyl (C=O) groups is 2. The highest BCUT2D eigenvalue weighted by atomic mass is 19.4. The van der Waals surface area contributed by atoms with Gasteiger partial charge >= 0.3 is 17.8 Å². The summed E-state index contributed by atoms with van der Waals surface area (Å²) in [6, 6.07) is 3.31. The molecule has 0 unspecified atom stereocenters. The molecule has 1 saturated carbocycles. The van der Waals surface area contributed by atoms with E-state index in [4.69, 9.17) is 9.47 Å². The maximum atomic E-state index is 15.5. The van der Waals surface area contributed by atoms with E-state index in [1.54, 1.807) is 0 Å². The summed E-state index contributed by atoms with van der Waals surface area (Å²) in [7, 11) is 1.50. The minimum atomic E-state index is -4.62. The number of rotatable bonds is 8. The van der Waals surface area contributed by atoms with Crippen LogP contribution in [-0.4, -0.2) is 75.1 Å². The maximum absolute atomic E-state index is 15.5. The predicted octanol–water partition coefficient (Wildman–Crippen LogP) is 2.74. The van der Waals surface area contributed by atoms with Gasteiger partial charge in [-0.3, -0.25) is 19.1 Å². The Labute approximate surface area is 269 Å². The summed E-state index contributed by atoms with van der Waals surface area (Å²) in [5.41, 5.74) is -0.904. The van der Waals surface area contributed by atoms with Crippen LogP contribution in [0, 0.1) is 12.7 Å². The molecule has 252 valence electrons. The quantitative estimate of drug-likeness (QED) is 0.222. The van der Waals surface area contributed by atoms with E-state index in [9.17, 15) is 32.3 Å². The molecule has 1 N–H and O–H groups in total. The van der Waals surface area contributed by atoms with Crippen molar-refractivity contribution in [3.8, 4) is 5.82 Å². The van der Waals surface area contributed by atoms with Crippen LogP contribution in [-0.2, 0) is 27.7 Å². The van der Waals surface area contributed by atoms with Gasteiger partial charge < -0.3 is 19.7 Å². The molecule has 1 aliphatic carbocycles. The van der Waals surface area contributed by atoms with Gasteiger partial charge in [0.1, 0.15) is 29.8 Å². The lowest BCUT2D eigenvalue weighted by Gasteiger charge is -2.38. The summed E-state index contributed by atoms with van der Waals surface area (Å²) >= 11 is 0. The molecule has 0 bridgehead atoms. The molecule has 4 aromatic rings. The highest BCUT2D eigenvalue weighted by Crippen LogP contribution is 2.33. The number of amides is 1. The van der Waals surface area contributed by atoms with Gasteiger partial charge in [-0.15, -0.1) is 0 Å². The molecule has 1 amide bonds. The van der Waals surface area contributed by atoms with E-state index in [1.165, 1.54) is 61.4 Å². The van der Waals surface area contributed by atoms with E-state index in [2.05, 4.69) is 15.3 Å². The molecule has 4 heterocycles. The fourth-order valence-corrected chi connectivity index (χ4v) is 5.62. The summed E-state index contributed by atoms with van der Waals surface area (Å²) in [6.07, 6.45) is 0.413. The Morgan fingerprint density at radius 2 is 1.92 bits per heavy atom. The zero-order chi connectivity index (χ0) is 34.3. The summed E-state index contributed by atoms with van der Waals surface area (Å²) in [6.45, 7) is 0.669. The number of ether oxygens (including phenoxy) is 2. The first kappa shape index (κ1) is 32.8. The summed E-state index contributed by atoms with van der Waals surface area (Å²) in [5, 5.41) is 2.77. The number of benzene rings is 1. The Kier molecular flexibility index (Phi) is 8.76. The molecular weight excluding hydrogens is 640 g/mol. The van der Waals surface area contributed by atoms with Gasteiger partial charge in [0.05, 0.1) is 35.9 Å². The van der Waals surface area contributed by atoms with Crippen LogP contribution in [0.1, 0.15) is 34.3 Å². The van der Waals surface area contributed by atoms with Gasteiger partial charge in [-0.25, -0.2) is 23.5 Å². The molecule has 0 radical (unpaired) electrons. The summed E-state index contributed by atoms with van der Waals surface area (Å²) < 4.78 is 68.9. The second-order valence-electron chi connectivity index (χ2n) is 11.7. The average molecular weight is 671 g/mol. The van der Waals surface area contributed by atoms with Crippen LogP contribution in [0.2, 0.25) is 0 Å². The number of carbonyl (C=O) groups excluding carboxylic acids is 2. The molecule has 16 heteroatoms. The topological polar surface area (TPSA) is 138 Å². The summed E-state index contributed by atoms with van der Waals surface area (Å²) in [5.74, 6) is -2.77. The largest absolute Gasteiger partial charge is 0.461 e. The third-order valence-corrected chi connectivity index (χ3v) is 8.29. The molecule has 1 saturated heterocycles. The molecule has 3 aromatic heterocycles. The molecule has 12 nitrogen and oxygen atoms in total. The van der Waals surface area contributed by atoms with Gasteiger partial charge in [-0.1, -0.05) is 6.07 Å². The lowest BCUT2D eigenvalue weighted by atomic mass is 10.0. The molecule has 48 heavy (non-hydrogen) atoms. The van der Waals surface area contributed by atoms with Crippen molar-refractivity contribution in [1.82, 2.24) is 24.4 Å². The van der Waals surface area contributed by atoms with Gasteiger partial charge in [0, 0.05) is 38.1 Å².